The van der Waals surface area contributed by atoms with Crippen molar-refractivity contribution in [3.8, 4) is 11.1 Å². The summed E-state index contributed by atoms with van der Waals surface area (Å²) in [5, 5.41) is 2.69. The van der Waals surface area contributed by atoms with Crippen LogP contribution in [0.25, 0.3) is 11.1 Å². The fourth-order valence-corrected chi connectivity index (χ4v) is 4.93. The number of fused-ring (bicyclic) bond motifs is 1. The Bertz CT molecular complexity index is 1020. The van der Waals surface area contributed by atoms with Crippen LogP contribution in [0.15, 0.2) is 30.6 Å². The summed E-state index contributed by atoms with van der Waals surface area (Å²) >= 11 is 0. The lowest BCUT2D eigenvalue weighted by molar-refractivity contribution is 0.256. The van der Waals surface area contributed by atoms with E-state index in [1.807, 2.05) is 13.8 Å². The van der Waals surface area contributed by atoms with E-state index >= 15 is 0 Å². The fourth-order valence-electron chi connectivity index (χ4n) is 3.98. The Morgan fingerprint density at radius 2 is 1.84 bits per heavy atom. The maximum atomic E-state index is 14.6. The highest BCUT2D eigenvalue weighted by Crippen LogP contribution is 2.39. The van der Waals surface area contributed by atoms with E-state index < -0.39 is 16.1 Å². The van der Waals surface area contributed by atoms with Crippen LogP contribution in [-0.2, 0) is 22.9 Å². The third-order valence-electron chi connectivity index (χ3n) is 5.61. The molecule has 3 rings (SSSR count). The number of nitrogens with zero attached hydrogens (tertiary/aromatic N) is 2. The van der Waals surface area contributed by atoms with Crippen molar-refractivity contribution in [2.75, 3.05) is 30.7 Å². The number of hydrogen-bond acceptors (Lipinski definition) is 5. The number of sulfonamides is 1. The standard InChI is InChI=1S/C22H29FN4O3S/c1-3-27(4-2)13-6-14-31(29,30)26-22(28)25-21-18-8-5-7-17(18)20(23)15-19(21)16-9-11-24-12-10-16/h9-12,15H,3-8,13-14H2,1-2H3,(H2,25,26,28). The molecule has 1 aromatic carbocycles. The Labute approximate surface area is 183 Å². The predicted molar refractivity (Wildman–Crippen MR) is 120 cm³/mol. The predicted octanol–water partition coefficient (Wildman–Crippen LogP) is 3.56. The second-order valence-electron chi connectivity index (χ2n) is 7.58. The first-order valence-electron chi connectivity index (χ1n) is 10.6. The number of pyridine rings is 1. The van der Waals surface area contributed by atoms with Crippen molar-refractivity contribution in [2.24, 2.45) is 0 Å². The topological polar surface area (TPSA) is 91.4 Å². The van der Waals surface area contributed by atoms with Crippen LogP contribution in [0.5, 0.6) is 0 Å². The fraction of sp³-hybridized carbons (Fsp3) is 0.455. The van der Waals surface area contributed by atoms with Crippen molar-refractivity contribution < 1.29 is 17.6 Å². The Kier molecular flexibility index (Phi) is 7.61. The molecule has 7 nitrogen and oxygen atoms in total. The van der Waals surface area contributed by atoms with E-state index in [-0.39, 0.29) is 11.6 Å². The second kappa shape index (κ2) is 10.2. The molecule has 0 spiro atoms. The number of urea groups is 1. The van der Waals surface area contributed by atoms with Crippen LogP contribution in [0.2, 0.25) is 0 Å². The summed E-state index contributed by atoms with van der Waals surface area (Å²) in [6, 6.07) is 4.01. The SMILES string of the molecule is CCN(CC)CCCS(=O)(=O)NC(=O)Nc1c(-c2ccncc2)cc(F)c2c1CCC2. The van der Waals surface area contributed by atoms with Crippen LogP contribution in [0, 0.1) is 5.82 Å². The van der Waals surface area contributed by atoms with Gasteiger partial charge in [-0.2, -0.15) is 0 Å². The first-order chi connectivity index (χ1) is 14.8. The van der Waals surface area contributed by atoms with Gasteiger partial charge in [-0.25, -0.2) is 22.3 Å². The Balaban J connectivity index is 1.77. The highest BCUT2D eigenvalue weighted by atomic mass is 32.2. The van der Waals surface area contributed by atoms with Crippen LogP contribution in [0.3, 0.4) is 0 Å². The van der Waals surface area contributed by atoms with Gasteiger partial charge in [-0.1, -0.05) is 13.8 Å². The van der Waals surface area contributed by atoms with Crippen molar-refractivity contribution in [3.05, 3.63) is 47.5 Å². The molecule has 0 aliphatic heterocycles. The molecule has 1 aliphatic rings. The van der Waals surface area contributed by atoms with Gasteiger partial charge >= 0.3 is 6.03 Å². The number of benzene rings is 1. The monoisotopic (exact) mass is 448 g/mol. The van der Waals surface area contributed by atoms with Crippen molar-refractivity contribution in [3.63, 3.8) is 0 Å². The Morgan fingerprint density at radius 3 is 2.52 bits per heavy atom. The van der Waals surface area contributed by atoms with Crippen molar-refractivity contribution in [1.82, 2.24) is 14.6 Å². The molecule has 168 valence electrons. The lowest BCUT2D eigenvalue weighted by Crippen LogP contribution is -2.37. The Morgan fingerprint density at radius 1 is 1.16 bits per heavy atom. The van der Waals surface area contributed by atoms with Crippen molar-refractivity contribution >= 4 is 21.7 Å². The maximum absolute atomic E-state index is 14.6. The van der Waals surface area contributed by atoms with Crippen LogP contribution >= 0.6 is 0 Å². The molecule has 2 amide bonds. The van der Waals surface area contributed by atoms with Gasteiger partial charge in [-0.15, -0.1) is 0 Å². The minimum Gasteiger partial charge on any atom is -0.306 e. The number of carbonyl (C=O) groups is 1. The zero-order valence-corrected chi connectivity index (χ0v) is 18.8. The molecule has 0 bridgehead atoms. The summed E-state index contributed by atoms with van der Waals surface area (Å²) in [5.74, 6) is -0.454. The van der Waals surface area contributed by atoms with Gasteiger partial charge < -0.3 is 10.2 Å². The van der Waals surface area contributed by atoms with Crippen LogP contribution < -0.4 is 10.0 Å². The van der Waals surface area contributed by atoms with Gasteiger partial charge in [-0.05, 0) is 80.2 Å². The molecular weight excluding hydrogens is 419 g/mol. The normalized spacial score (nSPS) is 13.3. The molecule has 1 aromatic heterocycles. The summed E-state index contributed by atoms with van der Waals surface area (Å²) in [6.45, 7) is 6.37. The number of amides is 2. The van der Waals surface area contributed by atoms with Gasteiger partial charge in [0.2, 0.25) is 10.0 Å². The number of anilines is 1. The molecule has 0 radical (unpaired) electrons. The summed E-state index contributed by atoms with van der Waals surface area (Å²) in [5.41, 5.74) is 2.96. The number of halogens is 1. The van der Waals surface area contributed by atoms with Crippen molar-refractivity contribution in [1.29, 1.82) is 0 Å². The van der Waals surface area contributed by atoms with E-state index in [9.17, 15) is 17.6 Å². The molecule has 0 atom stereocenters. The lowest BCUT2D eigenvalue weighted by Gasteiger charge is -2.18. The molecule has 9 heteroatoms. The van der Waals surface area contributed by atoms with E-state index in [0.29, 0.717) is 48.2 Å². The number of aromatic nitrogens is 1. The number of nitrogens with one attached hydrogen (secondary N) is 2. The third-order valence-corrected chi connectivity index (χ3v) is 6.93. The minimum atomic E-state index is -3.79. The molecular formula is C22H29FN4O3S. The first kappa shape index (κ1) is 23.1. The van der Waals surface area contributed by atoms with Crippen LogP contribution in [0.1, 0.15) is 37.8 Å². The molecule has 2 aromatic rings. The zero-order valence-electron chi connectivity index (χ0n) is 17.9. The number of carbonyl (C=O) groups excluding carboxylic acids is 1. The van der Waals surface area contributed by atoms with Crippen LogP contribution in [0.4, 0.5) is 14.9 Å². The van der Waals surface area contributed by atoms with E-state index in [1.54, 1.807) is 24.5 Å². The average molecular weight is 449 g/mol. The molecule has 1 aliphatic carbocycles. The number of hydrogen-bond donors (Lipinski definition) is 2. The minimum absolute atomic E-state index is 0.143. The molecule has 0 saturated heterocycles. The average Bonchev–Trinajstić information content (AvgIpc) is 3.24. The van der Waals surface area contributed by atoms with Gasteiger partial charge in [0, 0.05) is 18.0 Å². The molecule has 1 heterocycles. The zero-order chi connectivity index (χ0) is 22.4. The van der Waals surface area contributed by atoms with E-state index in [0.717, 1.165) is 25.1 Å². The maximum Gasteiger partial charge on any atom is 0.332 e. The van der Waals surface area contributed by atoms with Gasteiger partial charge in [0.15, 0.2) is 0 Å². The Hall–Kier alpha value is -2.52. The summed E-state index contributed by atoms with van der Waals surface area (Å²) in [7, 11) is -3.79. The summed E-state index contributed by atoms with van der Waals surface area (Å²) in [6.07, 6.45) is 5.61. The van der Waals surface area contributed by atoms with Gasteiger partial charge in [-0.3, -0.25) is 4.98 Å². The second-order valence-corrected chi connectivity index (χ2v) is 9.42. The highest BCUT2D eigenvalue weighted by Gasteiger charge is 2.25. The third kappa shape index (κ3) is 5.80. The van der Waals surface area contributed by atoms with Crippen LogP contribution in [-0.4, -0.2) is 49.7 Å². The quantitative estimate of drug-likeness (QED) is 0.612. The largest absolute Gasteiger partial charge is 0.332 e. The molecule has 0 saturated carbocycles. The highest BCUT2D eigenvalue weighted by molar-refractivity contribution is 7.90. The summed E-state index contributed by atoms with van der Waals surface area (Å²) < 4.78 is 41.5. The molecule has 0 unspecified atom stereocenters. The summed E-state index contributed by atoms with van der Waals surface area (Å²) in [4.78, 5) is 18.7. The van der Waals surface area contributed by atoms with E-state index in [2.05, 4.69) is 19.9 Å². The lowest BCUT2D eigenvalue weighted by atomic mass is 9.97. The smallest absolute Gasteiger partial charge is 0.306 e. The van der Waals surface area contributed by atoms with Gasteiger partial charge in [0.1, 0.15) is 5.82 Å². The van der Waals surface area contributed by atoms with Crippen molar-refractivity contribution in [2.45, 2.75) is 39.5 Å². The molecule has 0 fully saturated rings. The van der Waals surface area contributed by atoms with Gasteiger partial charge in [0.05, 0.1) is 11.4 Å². The van der Waals surface area contributed by atoms with Gasteiger partial charge in [0.25, 0.3) is 0 Å². The van der Waals surface area contributed by atoms with E-state index in [4.69, 9.17) is 0 Å². The molecule has 2 N–H and O–H groups in total. The number of rotatable bonds is 9. The van der Waals surface area contributed by atoms with E-state index in [1.165, 1.54) is 6.07 Å². The molecule has 31 heavy (non-hydrogen) atoms. The first-order valence-corrected chi connectivity index (χ1v) is 12.3.